The van der Waals surface area contributed by atoms with Gasteiger partial charge in [0.15, 0.2) is 0 Å². The summed E-state index contributed by atoms with van der Waals surface area (Å²) in [6.45, 7) is 2.20. The summed E-state index contributed by atoms with van der Waals surface area (Å²) in [5.74, 6) is -0.0540. The molecular weight excluding hydrogens is 346 g/mol. The Morgan fingerprint density at radius 2 is 1.62 bits per heavy atom. The number of hydrogen-bond acceptors (Lipinski definition) is 3. The number of carbonyl (C=O) groups is 1. The first-order valence-corrected chi connectivity index (χ1v) is 9.06. The summed E-state index contributed by atoms with van der Waals surface area (Å²) in [5.41, 5.74) is 4.04. The van der Waals surface area contributed by atoms with Crippen molar-refractivity contribution in [1.82, 2.24) is 4.98 Å². The SMILES string of the molecule is CCCCc1ccc(-c2ccc(C(=O)Oc3ccc(Cl)nc3)cc2)cc1. The second-order valence-electron chi connectivity index (χ2n) is 6.08. The third-order valence-electron chi connectivity index (χ3n) is 4.14. The molecule has 3 nitrogen and oxygen atoms in total. The monoisotopic (exact) mass is 365 g/mol. The maximum Gasteiger partial charge on any atom is 0.343 e. The molecule has 4 heteroatoms. The van der Waals surface area contributed by atoms with Gasteiger partial charge < -0.3 is 4.74 Å². The summed E-state index contributed by atoms with van der Waals surface area (Å²) in [7, 11) is 0. The van der Waals surface area contributed by atoms with Crippen LogP contribution in [0.25, 0.3) is 11.1 Å². The van der Waals surface area contributed by atoms with Gasteiger partial charge in [-0.15, -0.1) is 0 Å². The normalized spacial score (nSPS) is 10.5. The van der Waals surface area contributed by atoms with E-state index in [-0.39, 0.29) is 0 Å². The lowest BCUT2D eigenvalue weighted by Crippen LogP contribution is -2.08. The van der Waals surface area contributed by atoms with E-state index >= 15 is 0 Å². The van der Waals surface area contributed by atoms with E-state index in [2.05, 4.69) is 36.2 Å². The fraction of sp³-hybridized carbons (Fsp3) is 0.182. The van der Waals surface area contributed by atoms with Crippen LogP contribution in [0.2, 0.25) is 5.15 Å². The maximum atomic E-state index is 12.2. The lowest BCUT2D eigenvalue weighted by Gasteiger charge is -2.07. The van der Waals surface area contributed by atoms with E-state index in [4.69, 9.17) is 16.3 Å². The molecule has 1 aromatic heterocycles. The number of esters is 1. The number of nitrogens with zero attached hydrogens (tertiary/aromatic N) is 1. The molecule has 1 heterocycles. The Kier molecular flexibility index (Phi) is 6.03. The van der Waals surface area contributed by atoms with Crippen LogP contribution in [-0.4, -0.2) is 11.0 Å². The minimum absolute atomic E-state index is 0.356. The van der Waals surface area contributed by atoms with Crippen LogP contribution >= 0.6 is 11.6 Å². The first-order chi connectivity index (χ1) is 12.7. The molecule has 0 amide bonds. The van der Waals surface area contributed by atoms with Gasteiger partial charge in [0, 0.05) is 0 Å². The van der Waals surface area contributed by atoms with Crippen LogP contribution in [0.1, 0.15) is 35.7 Å². The molecule has 0 aliphatic heterocycles. The van der Waals surface area contributed by atoms with Crippen LogP contribution < -0.4 is 4.74 Å². The summed E-state index contributed by atoms with van der Waals surface area (Å²) in [6, 6.07) is 19.2. The molecule has 0 spiro atoms. The van der Waals surface area contributed by atoms with Gasteiger partial charge in [-0.2, -0.15) is 0 Å². The average Bonchev–Trinajstić information content (AvgIpc) is 2.68. The summed E-state index contributed by atoms with van der Waals surface area (Å²) in [5, 5.41) is 0.356. The first kappa shape index (κ1) is 18.2. The van der Waals surface area contributed by atoms with Gasteiger partial charge in [0.2, 0.25) is 0 Å². The molecule has 0 unspecified atom stereocenters. The number of pyridine rings is 1. The van der Waals surface area contributed by atoms with Crippen molar-refractivity contribution in [2.24, 2.45) is 0 Å². The van der Waals surface area contributed by atoms with E-state index in [1.165, 1.54) is 24.6 Å². The molecule has 0 fully saturated rings. The second-order valence-corrected chi connectivity index (χ2v) is 6.47. The smallest absolute Gasteiger partial charge is 0.343 e. The Morgan fingerprint density at radius 3 is 2.19 bits per heavy atom. The highest BCUT2D eigenvalue weighted by molar-refractivity contribution is 6.29. The number of aromatic nitrogens is 1. The summed E-state index contributed by atoms with van der Waals surface area (Å²) in [4.78, 5) is 16.1. The van der Waals surface area contributed by atoms with Crippen molar-refractivity contribution in [2.75, 3.05) is 0 Å². The molecule has 3 rings (SSSR count). The van der Waals surface area contributed by atoms with Gasteiger partial charge in [0.05, 0.1) is 11.8 Å². The number of benzene rings is 2. The molecule has 0 saturated carbocycles. The summed E-state index contributed by atoms with van der Waals surface area (Å²) < 4.78 is 5.29. The number of unbranched alkanes of at least 4 members (excludes halogenated alkanes) is 1. The highest BCUT2D eigenvalue weighted by Gasteiger charge is 2.09. The van der Waals surface area contributed by atoms with Crippen molar-refractivity contribution in [1.29, 1.82) is 0 Å². The van der Waals surface area contributed by atoms with Gasteiger partial charge in [0.25, 0.3) is 0 Å². The largest absolute Gasteiger partial charge is 0.421 e. The number of carbonyl (C=O) groups excluding carboxylic acids is 1. The van der Waals surface area contributed by atoms with Gasteiger partial charge >= 0.3 is 5.97 Å². The molecule has 0 bridgehead atoms. The van der Waals surface area contributed by atoms with Crippen molar-refractivity contribution in [2.45, 2.75) is 26.2 Å². The van der Waals surface area contributed by atoms with Gasteiger partial charge in [-0.25, -0.2) is 9.78 Å². The zero-order chi connectivity index (χ0) is 18.4. The van der Waals surface area contributed by atoms with Crippen molar-refractivity contribution in [3.8, 4) is 16.9 Å². The Balaban J connectivity index is 1.67. The first-order valence-electron chi connectivity index (χ1n) is 8.69. The van der Waals surface area contributed by atoms with Gasteiger partial charge in [-0.3, -0.25) is 0 Å². The predicted octanol–water partition coefficient (Wildman–Crippen LogP) is 5.96. The fourth-order valence-corrected chi connectivity index (χ4v) is 2.74. The van der Waals surface area contributed by atoms with Crippen LogP contribution in [0.5, 0.6) is 5.75 Å². The molecule has 0 radical (unpaired) electrons. The van der Waals surface area contributed by atoms with Gasteiger partial charge in [0.1, 0.15) is 10.9 Å². The Morgan fingerprint density at radius 1 is 0.962 bits per heavy atom. The number of hydrogen-bond donors (Lipinski definition) is 0. The average molecular weight is 366 g/mol. The topological polar surface area (TPSA) is 39.2 Å². The van der Waals surface area contributed by atoms with Crippen LogP contribution in [0.3, 0.4) is 0 Å². The molecule has 0 saturated heterocycles. The Hall–Kier alpha value is -2.65. The molecule has 132 valence electrons. The quantitative estimate of drug-likeness (QED) is 0.399. The van der Waals surface area contributed by atoms with Crippen molar-refractivity contribution in [3.05, 3.63) is 83.1 Å². The highest BCUT2D eigenvalue weighted by Crippen LogP contribution is 2.22. The predicted molar refractivity (Wildman–Crippen MR) is 105 cm³/mol. The van der Waals surface area contributed by atoms with E-state index in [1.807, 2.05) is 12.1 Å². The minimum Gasteiger partial charge on any atom is -0.421 e. The number of rotatable bonds is 6. The molecule has 0 atom stereocenters. The molecule has 3 aromatic rings. The van der Waals surface area contributed by atoms with E-state index in [1.54, 1.807) is 24.3 Å². The van der Waals surface area contributed by atoms with Gasteiger partial charge in [-0.1, -0.05) is 61.3 Å². The molecule has 0 aliphatic rings. The second kappa shape index (κ2) is 8.63. The van der Waals surface area contributed by atoms with E-state index < -0.39 is 5.97 Å². The molecule has 0 N–H and O–H groups in total. The fourth-order valence-electron chi connectivity index (χ4n) is 2.63. The van der Waals surface area contributed by atoms with Crippen LogP contribution in [-0.2, 0) is 6.42 Å². The zero-order valence-corrected chi connectivity index (χ0v) is 15.4. The lowest BCUT2D eigenvalue weighted by atomic mass is 10.0. The van der Waals surface area contributed by atoms with Crippen LogP contribution in [0, 0.1) is 0 Å². The molecular formula is C22H20ClNO2. The Labute approximate surface area is 158 Å². The zero-order valence-electron chi connectivity index (χ0n) is 14.6. The van der Waals surface area contributed by atoms with Crippen molar-refractivity contribution < 1.29 is 9.53 Å². The molecule has 0 aliphatic carbocycles. The van der Waals surface area contributed by atoms with Crippen molar-refractivity contribution in [3.63, 3.8) is 0 Å². The lowest BCUT2D eigenvalue weighted by molar-refractivity contribution is 0.0734. The maximum absolute atomic E-state index is 12.2. The van der Waals surface area contributed by atoms with Crippen LogP contribution in [0.4, 0.5) is 0 Å². The number of aryl methyl sites for hydroxylation is 1. The van der Waals surface area contributed by atoms with Crippen molar-refractivity contribution >= 4 is 17.6 Å². The summed E-state index contributed by atoms with van der Waals surface area (Å²) in [6.07, 6.45) is 4.94. The number of ether oxygens (including phenoxy) is 1. The van der Waals surface area contributed by atoms with Crippen LogP contribution in [0.15, 0.2) is 66.9 Å². The summed E-state index contributed by atoms with van der Waals surface area (Å²) >= 11 is 5.72. The standard InChI is InChI=1S/C22H20ClNO2/c1-2-3-4-16-5-7-17(8-6-16)18-9-11-19(12-10-18)22(25)26-20-13-14-21(23)24-15-20/h5-15H,2-4H2,1H3. The van der Waals surface area contributed by atoms with E-state index in [0.29, 0.717) is 16.5 Å². The van der Waals surface area contributed by atoms with E-state index in [9.17, 15) is 4.79 Å². The molecule has 2 aromatic carbocycles. The van der Waals surface area contributed by atoms with E-state index in [0.717, 1.165) is 17.5 Å². The third-order valence-corrected chi connectivity index (χ3v) is 4.36. The number of halogens is 1. The third kappa shape index (κ3) is 4.70. The Bertz CT molecular complexity index is 856. The minimum atomic E-state index is -0.421. The highest BCUT2D eigenvalue weighted by atomic mass is 35.5. The van der Waals surface area contributed by atoms with Gasteiger partial charge in [-0.05, 0) is 53.8 Å². The molecule has 26 heavy (non-hydrogen) atoms.